The Morgan fingerprint density at radius 2 is 1.88 bits per heavy atom. The molecule has 32 heavy (non-hydrogen) atoms. The highest BCUT2D eigenvalue weighted by Crippen LogP contribution is 2.30. The fourth-order valence-electron chi connectivity index (χ4n) is 4.44. The standard InChI is InChI=1S/C21H28FN9O/c1-29-20-18(23-4-5-25-20)17(28-29)15-2-7-30(8-3-15)9-6-24-19-16(22)14-26-21(27-19)31-10-12-32-13-11-31/h4-5,14-15H,2-3,6-13H2,1H3,(H,24,26,27). The van der Waals surface area contributed by atoms with Gasteiger partial charge in [-0.2, -0.15) is 10.1 Å². The molecule has 3 aromatic rings. The average Bonchev–Trinajstić information content (AvgIpc) is 3.18. The normalized spacial score (nSPS) is 18.4. The van der Waals surface area contributed by atoms with Gasteiger partial charge in [-0.15, -0.1) is 0 Å². The van der Waals surface area contributed by atoms with Crippen LogP contribution in [0.5, 0.6) is 0 Å². The zero-order valence-corrected chi connectivity index (χ0v) is 18.2. The van der Waals surface area contributed by atoms with Gasteiger partial charge in [0, 0.05) is 51.5 Å². The minimum atomic E-state index is -0.427. The minimum absolute atomic E-state index is 0.259. The van der Waals surface area contributed by atoms with E-state index in [2.05, 4.69) is 35.3 Å². The fraction of sp³-hybridized carbons (Fsp3) is 0.571. The summed E-state index contributed by atoms with van der Waals surface area (Å²) in [7, 11) is 1.91. The van der Waals surface area contributed by atoms with Crippen molar-refractivity contribution in [2.24, 2.45) is 7.05 Å². The summed E-state index contributed by atoms with van der Waals surface area (Å²) in [6, 6.07) is 0. The van der Waals surface area contributed by atoms with E-state index in [0.29, 0.717) is 31.6 Å². The third-order valence-electron chi connectivity index (χ3n) is 6.21. The second-order valence-electron chi connectivity index (χ2n) is 8.25. The first kappa shape index (κ1) is 21.0. The summed E-state index contributed by atoms with van der Waals surface area (Å²) >= 11 is 0. The number of likely N-dealkylation sites (tertiary alicyclic amines) is 1. The van der Waals surface area contributed by atoms with Gasteiger partial charge in [0.2, 0.25) is 5.95 Å². The van der Waals surface area contributed by atoms with Crippen LogP contribution in [0.1, 0.15) is 24.5 Å². The predicted octanol–water partition coefficient (Wildman–Crippen LogP) is 1.42. The summed E-state index contributed by atoms with van der Waals surface area (Å²) in [6.45, 7) is 6.10. The molecule has 2 aliphatic rings. The Morgan fingerprint density at radius 3 is 2.69 bits per heavy atom. The second kappa shape index (κ2) is 9.29. The van der Waals surface area contributed by atoms with Gasteiger partial charge in [-0.05, 0) is 25.9 Å². The Kier molecular flexibility index (Phi) is 6.08. The maximum absolute atomic E-state index is 14.2. The first-order valence-corrected chi connectivity index (χ1v) is 11.1. The molecule has 2 aliphatic heterocycles. The van der Waals surface area contributed by atoms with Crippen LogP contribution in [-0.2, 0) is 11.8 Å². The van der Waals surface area contributed by atoms with Crippen molar-refractivity contribution in [3.8, 4) is 0 Å². The summed E-state index contributed by atoms with van der Waals surface area (Å²) in [6.07, 6.45) is 6.71. The van der Waals surface area contributed by atoms with Crippen molar-refractivity contribution in [2.75, 3.05) is 62.7 Å². The van der Waals surface area contributed by atoms with Crippen molar-refractivity contribution in [1.29, 1.82) is 0 Å². The predicted molar refractivity (Wildman–Crippen MR) is 118 cm³/mol. The van der Waals surface area contributed by atoms with Crippen molar-refractivity contribution in [2.45, 2.75) is 18.8 Å². The van der Waals surface area contributed by atoms with E-state index in [1.54, 1.807) is 12.4 Å². The highest BCUT2D eigenvalue weighted by molar-refractivity contribution is 5.73. The Morgan fingerprint density at radius 1 is 1.09 bits per heavy atom. The number of fused-ring (bicyclic) bond motifs is 1. The number of aryl methyl sites for hydroxylation is 1. The van der Waals surface area contributed by atoms with E-state index in [4.69, 9.17) is 4.74 Å². The molecule has 0 unspecified atom stereocenters. The smallest absolute Gasteiger partial charge is 0.227 e. The van der Waals surface area contributed by atoms with Crippen LogP contribution in [0.15, 0.2) is 18.6 Å². The van der Waals surface area contributed by atoms with Gasteiger partial charge >= 0.3 is 0 Å². The van der Waals surface area contributed by atoms with Gasteiger partial charge in [0.15, 0.2) is 17.3 Å². The monoisotopic (exact) mass is 441 g/mol. The summed E-state index contributed by atoms with van der Waals surface area (Å²) < 4.78 is 21.4. The molecule has 2 saturated heterocycles. The summed E-state index contributed by atoms with van der Waals surface area (Å²) in [5, 5.41) is 7.84. The number of halogens is 1. The van der Waals surface area contributed by atoms with Crippen LogP contribution < -0.4 is 10.2 Å². The SMILES string of the molecule is Cn1nc(C2CCN(CCNc3nc(N4CCOCC4)ncc3F)CC2)c2nccnc21. The zero-order valence-electron chi connectivity index (χ0n) is 18.2. The number of nitrogens with zero attached hydrogens (tertiary/aromatic N) is 8. The van der Waals surface area contributed by atoms with Crippen LogP contribution in [0.4, 0.5) is 16.2 Å². The van der Waals surface area contributed by atoms with E-state index in [-0.39, 0.29) is 5.82 Å². The van der Waals surface area contributed by atoms with E-state index in [1.165, 1.54) is 6.20 Å². The van der Waals surface area contributed by atoms with E-state index in [9.17, 15) is 4.39 Å². The Balaban J connectivity index is 1.14. The molecule has 0 atom stereocenters. The van der Waals surface area contributed by atoms with Crippen LogP contribution in [-0.4, -0.2) is 87.1 Å². The molecule has 2 fully saturated rings. The molecule has 0 saturated carbocycles. The lowest BCUT2D eigenvalue weighted by atomic mass is 9.93. The number of hydrogen-bond donors (Lipinski definition) is 1. The van der Waals surface area contributed by atoms with Crippen LogP contribution in [0.25, 0.3) is 11.2 Å². The van der Waals surface area contributed by atoms with Crippen LogP contribution in [0, 0.1) is 5.82 Å². The maximum Gasteiger partial charge on any atom is 0.227 e. The summed E-state index contributed by atoms with van der Waals surface area (Å²) in [5.41, 5.74) is 2.79. The lowest BCUT2D eigenvalue weighted by Gasteiger charge is -2.31. The Bertz CT molecular complexity index is 1060. The van der Waals surface area contributed by atoms with Crippen LogP contribution in [0.3, 0.4) is 0 Å². The highest BCUT2D eigenvalue weighted by Gasteiger charge is 2.25. The second-order valence-corrected chi connectivity index (χ2v) is 8.25. The lowest BCUT2D eigenvalue weighted by molar-refractivity contribution is 0.122. The Hall–Kier alpha value is -2.92. The molecule has 0 amide bonds. The number of rotatable bonds is 6. The largest absolute Gasteiger partial charge is 0.378 e. The minimum Gasteiger partial charge on any atom is -0.378 e. The van der Waals surface area contributed by atoms with Crippen molar-refractivity contribution in [3.63, 3.8) is 0 Å². The quantitative estimate of drug-likeness (QED) is 0.609. The van der Waals surface area contributed by atoms with Gasteiger partial charge in [-0.1, -0.05) is 0 Å². The highest BCUT2D eigenvalue weighted by atomic mass is 19.1. The van der Waals surface area contributed by atoms with E-state index in [1.807, 2.05) is 16.6 Å². The molecule has 0 spiro atoms. The number of piperidine rings is 1. The number of nitrogens with one attached hydrogen (secondary N) is 1. The van der Waals surface area contributed by atoms with Gasteiger partial charge in [0.25, 0.3) is 0 Å². The van der Waals surface area contributed by atoms with E-state index >= 15 is 0 Å². The molecule has 11 heteroatoms. The van der Waals surface area contributed by atoms with Gasteiger partial charge in [-0.25, -0.2) is 24.0 Å². The first-order valence-electron chi connectivity index (χ1n) is 11.1. The number of morpholine rings is 1. The third kappa shape index (κ3) is 4.35. The third-order valence-corrected chi connectivity index (χ3v) is 6.21. The number of anilines is 2. The molecular weight excluding hydrogens is 413 g/mol. The molecular formula is C21H28FN9O. The van der Waals surface area contributed by atoms with Gasteiger partial charge in [0.1, 0.15) is 5.52 Å². The molecule has 0 aliphatic carbocycles. The lowest BCUT2D eigenvalue weighted by Crippen LogP contribution is -2.38. The van der Waals surface area contributed by atoms with Crippen LogP contribution >= 0.6 is 0 Å². The average molecular weight is 442 g/mol. The zero-order chi connectivity index (χ0) is 21.9. The first-order chi connectivity index (χ1) is 15.7. The van der Waals surface area contributed by atoms with Crippen molar-refractivity contribution >= 4 is 22.9 Å². The molecule has 5 rings (SSSR count). The molecule has 0 radical (unpaired) electrons. The number of hydrogen-bond acceptors (Lipinski definition) is 9. The van der Waals surface area contributed by atoms with E-state index in [0.717, 1.165) is 62.4 Å². The molecule has 1 N–H and O–H groups in total. The fourth-order valence-corrected chi connectivity index (χ4v) is 4.44. The van der Waals surface area contributed by atoms with Gasteiger partial charge < -0.3 is 19.9 Å². The van der Waals surface area contributed by atoms with Gasteiger partial charge in [-0.3, -0.25) is 0 Å². The number of aromatic nitrogens is 6. The molecule has 10 nitrogen and oxygen atoms in total. The molecule has 170 valence electrons. The summed E-state index contributed by atoms with van der Waals surface area (Å²) in [5.74, 6) is 0.762. The van der Waals surface area contributed by atoms with Gasteiger partial charge in [0.05, 0.1) is 25.1 Å². The number of ether oxygens (including phenoxy) is 1. The summed E-state index contributed by atoms with van der Waals surface area (Å²) in [4.78, 5) is 21.8. The van der Waals surface area contributed by atoms with Crippen molar-refractivity contribution < 1.29 is 9.13 Å². The molecule has 0 aromatic carbocycles. The van der Waals surface area contributed by atoms with Crippen molar-refractivity contribution in [3.05, 3.63) is 30.1 Å². The van der Waals surface area contributed by atoms with Crippen LogP contribution in [0.2, 0.25) is 0 Å². The maximum atomic E-state index is 14.2. The Labute approximate surface area is 185 Å². The molecule has 0 bridgehead atoms. The van der Waals surface area contributed by atoms with Crippen molar-refractivity contribution in [1.82, 2.24) is 34.6 Å². The topological polar surface area (TPSA) is 97.1 Å². The van der Waals surface area contributed by atoms with E-state index < -0.39 is 5.82 Å². The molecule has 5 heterocycles. The molecule has 3 aromatic heterocycles.